The number of hydrogen-bond donors (Lipinski definition) is 2. The molecule has 2 unspecified atom stereocenters. The van der Waals surface area contributed by atoms with Gasteiger partial charge in [0, 0.05) is 26.2 Å². The quantitative estimate of drug-likeness (QED) is 0.206. The monoisotopic (exact) mass is 504 g/mol. The Bertz CT molecular complexity index is 1130. The molecule has 0 aliphatic rings. The highest BCUT2D eigenvalue weighted by Gasteiger charge is 2.34. The maximum absolute atomic E-state index is 12.6. The van der Waals surface area contributed by atoms with Gasteiger partial charge in [0.2, 0.25) is 0 Å². The van der Waals surface area contributed by atoms with Crippen molar-refractivity contribution in [3.05, 3.63) is 59.7 Å². The van der Waals surface area contributed by atoms with Crippen molar-refractivity contribution in [3.63, 3.8) is 0 Å². The van der Waals surface area contributed by atoms with Gasteiger partial charge in [-0.15, -0.1) is 0 Å². The van der Waals surface area contributed by atoms with E-state index >= 15 is 0 Å². The van der Waals surface area contributed by atoms with Crippen LogP contribution >= 0.6 is 0 Å². The molecule has 0 bridgehead atoms. The highest BCUT2D eigenvalue weighted by molar-refractivity contribution is 7.86. The molecule has 2 rings (SSSR count). The maximum Gasteiger partial charge on any atom is 0.303 e. The van der Waals surface area contributed by atoms with Crippen molar-refractivity contribution in [2.75, 3.05) is 7.11 Å². The molecule has 8 nitrogen and oxygen atoms in total. The molecule has 0 fully saturated rings. The third-order valence-corrected chi connectivity index (χ3v) is 6.67. The van der Waals surface area contributed by atoms with E-state index in [-0.39, 0.29) is 30.6 Å². The van der Waals surface area contributed by atoms with Crippen LogP contribution in [0.25, 0.3) is 0 Å². The van der Waals surface area contributed by atoms with Crippen LogP contribution in [0.5, 0.6) is 5.75 Å². The number of aliphatic hydroxyl groups excluding tert-OH is 1. The molecule has 0 radical (unpaired) electrons. The Morgan fingerprint density at radius 2 is 1.74 bits per heavy atom. The number of esters is 1. The second-order valence-corrected chi connectivity index (χ2v) is 9.65. The van der Waals surface area contributed by atoms with Crippen molar-refractivity contribution < 1.29 is 37.1 Å². The molecule has 2 N–H and O–H groups in total. The Morgan fingerprint density at radius 3 is 2.29 bits per heavy atom. The first-order valence-electron chi connectivity index (χ1n) is 11.2. The van der Waals surface area contributed by atoms with E-state index in [0.717, 1.165) is 5.56 Å². The van der Waals surface area contributed by atoms with E-state index in [1.54, 1.807) is 50.4 Å². The lowest BCUT2D eigenvalue weighted by Gasteiger charge is -2.27. The highest BCUT2D eigenvalue weighted by Crippen LogP contribution is 2.27. The van der Waals surface area contributed by atoms with E-state index < -0.39 is 34.1 Å². The van der Waals surface area contributed by atoms with Crippen LogP contribution in [-0.4, -0.2) is 43.6 Å². The molecule has 190 valence electrons. The van der Waals surface area contributed by atoms with Gasteiger partial charge in [0.05, 0.1) is 18.1 Å². The normalized spacial score (nSPS) is 14.7. The molecule has 0 saturated carbocycles. The predicted octanol–water partition coefficient (Wildman–Crippen LogP) is 3.65. The van der Waals surface area contributed by atoms with Gasteiger partial charge in [0.25, 0.3) is 10.1 Å². The van der Waals surface area contributed by atoms with Crippen LogP contribution < -0.4 is 4.74 Å². The minimum absolute atomic E-state index is 0.0194. The number of methoxy groups -OCH3 is 1. The number of aliphatic hydroxyl groups is 2. The number of carbonyl (C=O) groups is 1. The van der Waals surface area contributed by atoms with Gasteiger partial charge in [-0.25, -0.2) is 4.18 Å². The Kier molecular flexibility index (Phi) is 10.3. The molecule has 2 aromatic carbocycles. The molecule has 2 aromatic rings. The van der Waals surface area contributed by atoms with E-state index in [1.807, 2.05) is 6.92 Å². The molecule has 0 aromatic heterocycles. The van der Waals surface area contributed by atoms with Crippen LogP contribution in [0.4, 0.5) is 0 Å². The minimum Gasteiger partial charge on any atom is -0.497 e. The van der Waals surface area contributed by atoms with Crippen molar-refractivity contribution >= 4 is 16.1 Å². The van der Waals surface area contributed by atoms with E-state index in [1.165, 1.54) is 19.1 Å². The van der Waals surface area contributed by atoms with E-state index in [0.29, 0.717) is 11.3 Å². The number of carbonyl (C=O) groups excluding carboxylic acids is 1. The van der Waals surface area contributed by atoms with Crippen LogP contribution in [0, 0.1) is 18.8 Å². The molecule has 0 spiro atoms. The average Bonchev–Trinajstić information content (AvgIpc) is 2.82. The van der Waals surface area contributed by atoms with Crippen molar-refractivity contribution in [2.24, 2.45) is 0 Å². The summed E-state index contributed by atoms with van der Waals surface area (Å²) < 4.78 is 40.7. The summed E-state index contributed by atoms with van der Waals surface area (Å²) in [6.45, 7) is 4.64. The van der Waals surface area contributed by atoms with Crippen LogP contribution in [0.3, 0.4) is 0 Å². The highest BCUT2D eigenvalue weighted by atomic mass is 32.2. The first-order valence-corrected chi connectivity index (χ1v) is 12.6. The number of hydrogen-bond acceptors (Lipinski definition) is 8. The third kappa shape index (κ3) is 9.00. The smallest absolute Gasteiger partial charge is 0.303 e. The molecule has 35 heavy (non-hydrogen) atoms. The van der Waals surface area contributed by atoms with Crippen molar-refractivity contribution in [2.45, 2.75) is 69.3 Å². The van der Waals surface area contributed by atoms with Gasteiger partial charge in [-0.1, -0.05) is 48.6 Å². The molecular weight excluding hydrogens is 472 g/mol. The first-order chi connectivity index (χ1) is 16.5. The lowest BCUT2D eigenvalue weighted by atomic mass is 10.0. The lowest BCUT2D eigenvalue weighted by Crippen LogP contribution is -2.35. The van der Waals surface area contributed by atoms with E-state index in [4.69, 9.17) is 13.7 Å². The van der Waals surface area contributed by atoms with E-state index in [2.05, 4.69) is 11.8 Å². The summed E-state index contributed by atoms with van der Waals surface area (Å²) in [5, 5.41) is 21.2. The summed E-state index contributed by atoms with van der Waals surface area (Å²) in [7, 11) is -2.67. The SMILES string of the molecule is CC[C@@](O)(CCC(C#CCC(O)c1ccc(OC)cc1)OC(C)=O)OS(=O)(=O)c1ccc(C)cc1. The molecule has 0 aliphatic heterocycles. The summed E-state index contributed by atoms with van der Waals surface area (Å²) >= 11 is 0. The number of aryl methyl sites for hydroxylation is 1. The molecule has 0 heterocycles. The molecule has 3 atom stereocenters. The van der Waals surface area contributed by atoms with Gasteiger partial charge in [-0.05, 0) is 43.2 Å². The van der Waals surface area contributed by atoms with E-state index in [9.17, 15) is 23.4 Å². The Hall–Kier alpha value is -2.90. The fourth-order valence-corrected chi connectivity index (χ4v) is 4.34. The van der Waals surface area contributed by atoms with Crippen molar-refractivity contribution in [1.82, 2.24) is 0 Å². The summed E-state index contributed by atoms with van der Waals surface area (Å²) in [6, 6.07) is 13.0. The Morgan fingerprint density at radius 1 is 1.11 bits per heavy atom. The first kappa shape index (κ1) is 28.3. The third-order valence-electron chi connectivity index (χ3n) is 5.29. The summed E-state index contributed by atoms with van der Waals surface area (Å²) in [5.74, 6) is 3.66. The lowest BCUT2D eigenvalue weighted by molar-refractivity contribution is -0.154. The molecule has 0 saturated heterocycles. The topological polar surface area (TPSA) is 119 Å². The largest absolute Gasteiger partial charge is 0.497 e. The number of rotatable bonds is 11. The number of ether oxygens (including phenoxy) is 2. The summed E-state index contributed by atoms with van der Waals surface area (Å²) in [6.07, 6.45) is -1.84. The zero-order valence-electron chi connectivity index (χ0n) is 20.4. The van der Waals surface area contributed by atoms with Crippen LogP contribution in [-0.2, 0) is 23.8 Å². The summed E-state index contributed by atoms with van der Waals surface area (Å²) in [5.41, 5.74) is 1.54. The van der Waals surface area contributed by atoms with Crippen molar-refractivity contribution in [3.8, 4) is 17.6 Å². The predicted molar refractivity (Wildman–Crippen MR) is 130 cm³/mol. The molecule has 0 amide bonds. The van der Waals surface area contributed by atoms with Gasteiger partial charge >= 0.3 is 5.97 Å². The zero-order valence-corrected chi connectivity index (χ0v) is 21.2. The fourth-order valence-electron chi connectivity index (χ4n) is 3.17. The van der Waals surface area contributed by atoms with Gasteiger partial charge in [0.15, 0.2) is 11.9 Å². The molecular formula is C26H32O8S. The minimum atomic E-state index is -4.22. The Balaban J connectivity index is 2.06. The molecule has 9 heteroatoms. The maximum atomic E-state index is 12.6. The second kappa shape index (κ2) is 12.7. The molecule has 0 aliphatic carbocycles. The number of benzene rings is 2. The standard InChI is InChI=1S/C26H32O8S/c1-5-26(29,34-35(30,31)24-15-9-19(2)10-16-24)18-17-23(33-20(3)27)7-6-8-25(28)21-11-13-22(32-4)14-12-21/h9-16,23,25,28-29H,5,8,17-18H2,1-4H3/t23?,25?,26-/m0/s1. The average molecular weight is 505 g/mol. The van der Waals surface area contributed by atoms with Gasteiger partial charge in [0.1, 0.15) is 5.75 Å². The van der Waals surface area contributed by atoms with Gasteiger partial charge in [-0.2, -0.15) is 8.42 Å². The van der Waals surface area contributed by atoms with Crippen LogP contribution in [0.1, 0.15) is 56.8 Å². The van der Waals surface area contributed by atoms with Crippen LogP contribution in [0.15, 0.2) is 53.4 Å². The van der Waals surface area contributed by atoms with Crippen LogP contribution in [0.2, 0.25) is 0 Å². The zero-order chi connectivity index (χ0) is 26.1. The fraction of sp³-hybridized carbons (Fsp3) is 0.423. The second-order valence-electron chi connectivity index (χ2n) is 8.10. The van der Waals surface area contributed by atoms with Gasteiger partial charge in [-0.3, -0.25) is 4.79 Å². The Labute approximate surface area is 207 Å². The van der Waals surface area contributed by atoms with Gasteiger partial charge < -0.3 is 19.7 Å². The van der Waals surface area contributed by atoms with Crippen molar-refractivity contribution in [1.29, 1.82) is 0 Å². The summed E-state index contributed by atoms with van der Waals surface area (Å²) in [4.78, 5) is 11.5.